The van der Waals surface area contributed by atoms with E-state index in [-0.39, 0.29) is 0 Å². The quantitative estimate of drug-likeness (QED) is 0.186. The monoisotopic (exact) mass is 651 g/mol. The first kappa shape index (κ1) is 29.0. The zero-order valence-electron chi connectivity index (χ0n) is 27.5. The molecule has 0 radical (unpaired) electrons. The van der Waals surface area contributed by atoms with Crippen molar-refractivity contribution in [2.24, 2.45) is 0 Å². The molecule has 10 aromatic rings. The van der Waals surface area contributed by atoms with E-state index < -0.39 is 0 Å². The Bertz CT molecular complexity index is 2840. The molecule has 0 aliphatic heterocycles. The van der Waals surface area contributed by atoms with Crippen molar-refractivity contribution in [1.29, 1.82) is 0 Å². The number of para-hydroxylation sites is 1. The van der Waals surface area contributed by atoms with Gasteiger partial charge >= 0.3 is 0 Å². The minimum atomic E-state index is 0.641. The maximum absolute atomic E-state index is 6.38. The fourth-order valence-corrected chi connectivity index (χ4v) is 7.29. The van der Waals surface area contributed by atoms with Gasteiger partial charge in [0.1, 0.15) is 11.2 Å². The summed E-state index contributed by atoms with van der Waals surface area (Å²) in [7, 11) is 0. The lowest BCUT2D eigenvalue weighted by Crippen LogP contribution is -2.01. The fourth-order valence-electron chi connectivity index (χ4n) is 7.29. The molecule has 51 heavy (non-hydrogen) atoms. The smallest absolute Gasteiger partial charge is 0.165 e. The van der Waals surface area contributed by atoms with Crippen molar-refractivity contribution in [2.75, 3.05) is 0 Å². The number of furan rings is 1. The van der Waals surface area contributed by atoms with E-state index in [1.165, 1.54) is 5.56 Å². The number of hydrogen-bond acceptors (Lipinski definition) is 4. The molecule has 238 valence electrons. The van der Waals surface area contributed by atoms with Gasteiger partial charge in [0.15, 0.2) is 17.5 Å². The Labute approximate surface area is 294 Å². The van der Waals surface area contributed by atoms with E-state index in [9.17, 15) is 0 Å². The SMILES string of the molecule is c1ccc(-c2nc(-c3ccccc3)nc(-c3c(-c4ccc(-c5cc6c7ccccc7oc6c6ccccc56)cc4)ccc4ccccc34)n2)cc1. The van der Waals surface area contributed by atoms with Crippen molar-refractivity contribution in [1.82, 2.24) is 15.0 Å². The second-order valence-corrected chi connectivity index (χ2v) is 12.8. The van der Waals surface area contributed by atoms with Crippen LogP contribution in [0.15, 0.2) is 180 Å². The Hall–Kier alpha value is -6.91. The molecule has 0 bridgehead atoms. The molecule has 0 spiro atoms. The van der Waals surface area contributed by atoms with E-state index in [0.29, 0.717) is 17.5 Å². The predicted molar refractivity (Wildman–Crippen MR) is 209 cm³/mol. The summed E-state index contributed by atoms with van der Waals surface area (Å²) in [5.74, 6) is 1.92. The van der Waals surface area contributed by atoms with Gasteiger partial charge in [-0.15, -0.1) is 0 Å². The average molecular weight is 652 g/mol. The fraction of sp³-hybridized carbons (Fsp3) is 0. The summed E-state index contributed by atoms with van der Waals surface area (Å²) >= 11 is 0. The van der Waals surface area contributed by atoms with Gasteiger partial charge in [0.25, 0.3) is 0 Å². The lowest BCUT2D eigenvalue weighted by atomic mass is 9.91. The number of aromatic nitrogens is 3. The van der Waals surface area contributed by atoms with Crippen LogP contribution in [0.25, 0.3) is 99.9 Å². The second-order valence-electron chi connectivity index (χ2n) is 12.8. The van der Waals surface area contributed by atoms with Gasteiger partial charge in [0.05, 0.1) is 0 Å². The molecule has 0 fully saturated rings. The molecule has 2 aromatic heterocycles. The molecule has 0 N–H and O–H groups in total. The first-order valence-electron chi connectivity index (χ1n) is 17.1. The minimum absolute atomic E-state index is 0.641. The lowest BCUT2D eigenvalue weighted by molar-refractivity contribution is 0.672. The third-order valence-electron chi connectivity index (χ3n) is 9.74. The average Bonchev–Trinajstić information content (AvgIpc) is 3.60. The molecular formula is C47H29N3O. The van der Waals surface area contributed by atoms with Crippen molar-refractivity contribution < 1.29 is 4.42 Å². The van der Waals surface area contributed by atoms with E-state index >= 15 is 0 Å². The van der Waals surface area contributed by atoms with Crippen LogP contribution < -0.4 is 0 Å². The standard InChI is InChI=1S/C47H29N3O/c1-3-14-33(15-4-1)45-48-46(34-16-5-2-6-17-34)50-47(49-45)43-35-18-8-7-13-30(35)27-28-36(43)31-23-25-32(26-24-31)40-29-41-38-20-11-12-22-42(38)51-44(41)39-21-10-9-19-37(39)40/h1-29H. The van der Waals surface area contributed by atoms with Crippen LogP contribution in [0.1, 0.15) is 0 Å². The Balaban J connectivity index is 1.17. The molecular weight excluding hydrogens is 623 g/mol. The highest BCUT2D eigenvalue weighted by Crippen LogP contribution is 2.42. The summed E-state index contributed by atoms with van der Waals surface area (Å²) in [5, 5.41) is 6.74. The first-order valence-corrected chi connectivity index (χ1v) is 17.1. The van der Waals surface area contributed by atoms with Gasteiger partial charge in [0, 0.05) is 32.8 Å². The van der Waals surface area contributed by atoms with E-state index in [1.54, 1.807) is 0 Å². The highest BCUT2D eigenvalue weighted by Gasteiger charge is 2.19. The van der Waals surface area contributed by atoms with E-state index in [0.717, 1.165) is 76.9 Å². The van der Waals surface area contributed by atoms with Crippen LogP contribution in [0.2, 0.25) is 0 Å². The molecule has 10 rings (SSSR count). The number of benzene rings is 8. The Morgan fingerprint density at radius 3 is 1.55 bits per heavy atom. The van der Waals surface area contributed by atoms with Gasteiger partial charge in [0.2, 0.25) is 0 Å². The maximum atomic E-state index is 6.38. The largest absolute Gasteiger partial charge is 0.455 e. The summed E-state index contributed by atoms with van der Waals surface area (Å²) in [4.78, 5) is 15.3. The molecule has 0 amide bonds. The van der Waals surface area contributed by atoms with Crippen LogP contribution in [0.4, 0.5) is 0 Å². The number of rotatable bonds is 5. The third-order valence-corrected chi connectivity index (χ3v) is 9.74. The molecule has 0 aliphatic carbocycles. The maximum Gasteiger partial charge on any atom is 0.165 e. The molecule has 2 heterocycles. The zero-order chi connectivity index (χ0) is 33.7. The highest BCUT2D eigenvalue weighted by molar-refractivity contribution is 6.19. The van der Waals surface area contributed by atoms with Crippen molar-refractivity contribution in [2.45, 2.75) is 0 Å². The van der Waals surface area contributed by atoms with E-state index in [2.05, 4.69) is 103 Å². The topological polar surface area (TPSA) is 51.8 Å². The molecule has 0 saturated carbocycles. The van der Waals surface area contributed by atoms with Crippen molar-refractivity contribution in [3.63, 3.8) is 0 Å². The van der Waals surface area contributed by atoms with Crippen molar-refractivity contribution in [3.05, 3.63) is 176 Å². The Kier molecular flexibility index (Phi) is 6.78. The van der Waals surface area contributed by atoms with Crippen LogP contribution in [0, 0.1) is 0 Å². The summed E-state index contributed by atoms with van der Waals surface area (Å²) in [6.45, 7) is 0. The predicted octanol–water partition coefficient (Wildman–Crippen LogP) is 12.4. The molecule has 0 atom stereocenters. The number of nitrogens with zero attached hydrogens (tertiary/aromatic N) is 3. The summed E-state index contributed by atoms with van der Waals surface area (Å²) in [6.07, 6.45) is 0. The molecule has 4 nitrogen and oxygen atoms in total. The molecule has 0 aliphatic rings. The second kappa shape index (κ2) is 11.9. The van der Waals surface area contributed by atoms with Crippen LogP contribution in [-0.4, -0.2) is 15.0 Å². The van der Waals surface area contributed by atoms with Gasteiger partial charge in [-0.3, -0.25) is 0 Å². The zero-order valence-corrected chi connectivity index (χ0v) is 27.5. The van der Waals surface area contributed by atoms with Crippen LogP contribution in [0.3, 0.4) is 0 Å². The van der Waals surface area contributed by atoms with Crippen LogP contribution in [-0.2, 0) is 0 Å². The minimum Gasteiger partial charge on any atom is -0.455 e. The molecule has 0 unspecified atom stereocenters. The van der Waals surface area contributed by atoms with Crippen LogP contribution in [0.5, 0.6) is 0 Å². The van der Waals surface area contributed by atoms with Gasteiger partial charge in [-0.1, -0.05) is 164 Å². The van der Waals surface area contributed by atoms with Crippen molar-refractivity contribution >= 4 is 43.5 Å². The van der Waals surface area contributed by atoms with Gasteiger partial charge < -0.3 is 4.42 Å². The Morgan fingerprint density at radius 1 is 0.333 bits per heavy atom. The van der Waals surface area contributed by atoms with Crippen molar-refractivity contribution in [3.8, 4) is 56.4 Å². The lowest BCUT2D eigenvalue weighted by Gasteiger charge is -2.15. The van der Waals surface area contributed by atoms with E-state index in [4.69, 9.17) is 19.4 Å². The third kappa shape index (κ3) is 4.96. The van der Waals surface area contributed by atoms with Gasteiger partial charge in [-0.05, 0) is 50.5 Å². The molecule has 4 heteroatoms. The van der Waals surface area contributed by atoms with E-state index in [1.807, 2.05) is 72.8 Å². The van der Waals surface area contributed by atoms with Crippen LogP contribution >= 0.6 is 0 Å². The van der Waals surface area contributed by atoms with Gasteiger partial charge in [-0.2, -0.15) is 0 Å². The summed E-state index contributed by atoms with van der Waals surface area (Å²) in [5.41, 5.74) is 9.16. The summed E-state index contributed by atoms with van der Waals surface area (Å²) < 4.78 is 6.38. The Morgan fingerprint density at radius 2 is 0.863 bits per heavy atom. The highest BCUT2D eigenvalue weighted by atomic mass is 16.3. The first-order chi connectivity index (χ1) is 25.3. The summed E-state index contributed by atoms with van der Waals surface area (Å²) in [6, 6.07) is 61.0. The van der Waals surface area contributed by atoms with Gasteiger partial charge in [-0.25, -0.2) is 15.0 Å². The number of hydrogen-bond donors (Lipinski definition) is 0. The normalized spacial score (nSPS) is 11.5. The molecule has 8 aromatic carbocycles. The molecule has 0 saturated heterocycles. The number of fused-ring (bicyclic) bond motifs is 6.